The summed E-state index contributed by atoms with van der Waals surface area (Å²) in [7, 11) is 0. The molecule has 0 aromatic heterocycles. The SMILES string of the molecule is C=CCN(C(=O)OCc1ccc(C)cc1)C1CCN(C[C@H]2CC(NC(=O)c3ccccc3)C[C@@H]2c2ccccc2)CC1. The number of hydrogen-bond acceptors (Lipinski definition) is 4. The zero-order chi connectivity index (χ0) is 29.3. The van der Waals surface area contributed by atoms with Crippen LogP contribution in [0.5, 0.6) is 0 Å². The van der Waals surface area contributed by atoms with Gasteiger partial charge in [0.15, 0.2) is 0 Å². The first kappa shape index (κ1) is 29.6. The maximum absolute atomic E-state index is 13.1. The number of amides is 2. The molecule has 6 heteroatoms. The van der Waals surface area contributed by atoms with Gasteiger partial charge in [0.05, 0.1) is 0 Å². The fraction of sp³-hybridized carbons (Fsp3) is 0.389. The predicted molar refractivity (Wildman–Crippen MR) is 167 cm³/mol. The summed E-state index contributed by atoms with van der Waals surface area (Å²) in [4.78, 5) is 30.4. The molecule has 1 saturated heterocycles. The first-order chi connectivity index (χ1) is 20.5. The lowest BCUT2D eigenvalue weighted by atomic mass is 9.88. The van der Waals surface area contributed by atoms with Crippen molar-refractivity contribution < 1.29 is 14.3 Å². The molecular formula is C36H43N3O3. The van der Waals surface area contributed by atoms with E-state index in [4.69, 9.17) is 4.74 Å². The lowest BCUT2D eigenvalue weighted by Crippen LogP contribution is -2.48. The summed E-state index contributed by atoms with van der Waals surface area (Å²) in [5, 5.41) is 3.31. The summed E-state index contributed by atoms with van der Waals surface area (Å²) in [5.74, 6) is 0.859. The molecule has 1 aliphatic heterocycles. The van der Waals surface area contributed by atoms with Crippen molar-refractivity contribution in [1.29, 1.82) is 0 Å². The van der Waals surface area contributed by atoms with E-state index >= 15 is 0 Å². The molecule has 3 aromatic carbocycles. The smallest absolute Gasteiger partial charge is 0.410 e. The molecule has 42 heavy (non-hydrogen) atoms. The van der Waals surface area contributed by atoms with Crippen LogP contribution in [0.25, 0.3) is 0 Å². The molecule has 3 aromatic rings. The van der Waals surface area contributed by atoms with Gasteiger partial charge in [-0.25, -0.2) is 4.79 Å². The summed E-state index contributed by atoms with van der Waals surface area (Å²) in [5.41, 5.74) is 4.23. The number of rotatable bonds is 10. The van der Waals surface area contributed by atoms with Gasteiger partial charge in [0.1, 0.15) is 6.61 Å². The summed E-state index contributed by atoms with van der Waals surface area (Å²) in [6, 6.07) is 28.6. The Hall–Kier alpha value is -3.90. The molecule has 1 N–H and O–H groups in total. The number of likely N-dealkylation sites (tertiary alicyclic amines) is 1. The van der Waals surface area contributed by atoms with Gasteiger partial charge in [-0.05, 0) is 67.7 Å². The van der Waals surface area contributed by atoms with E-state index in [2.05, 4.69) is 47.1 Å². The highest BCUT2D eigenvalue weighted by molar-refractivity contribution is 5.94. The third-order valence-electron chi connectivity index (χ3n) is 8.83. The van der Waals surface area contributed by atoms with Gasteiger partial charge in [0.2, 0.25) is 0 Å². The largest absolute Gasteiger partial charge is 0.445 e. The summed E-state index contributed by atoms with van der Waals surface area (Å²) < 4.78 is 5.70. The van der Waals surface area contributed by atoms with E-state index in [9.17, 15) is 9.59 Å². The lowest BCUT2D eigenvalue weighted by Gasteiger charge is -2.39. The first-order valence-corrected chi connectivity index (χ1v) is 15.2. The standard InChI is InChI=1S/C36H43N3O3/c1-3-20-39(36(41)42-26-28-16-14-27(2)15-17-28)33-18-21-38(22-19-33)25-31-23-32(24-34(31)29-10-6-4-7-11-29)37-35(40)30-12-8-5-9-13-30/h3-17,31-34H,1,18-26H2,2H3,(H,37,40)/t31-,32?,34-/m1/s1. The van der Waals surface area contributed by atoms with Crippen molar-refractivity contribution in [3.63, 3.8) is 0 Å². The number of benzene rings is 3. The molecule has 1 heterocycles. The Morgan fingerprint density at radius 2 is 1.62 bits per heavy atom. The van der Waals surface area contributed by atoms with E-state index in [1.165, 1.54) is 11.1 Å². The number of piperidine rings is 1. The quantitative estimate of drug-likeness (QED) is 0.282. The summed E-state index contributed by atoms with van der Waals surface area (Å²) >= 11 is 0. The summed E-state index contributed by atoms with van der Waals surface area (Å²) in [6.07, 6.45) is 5.24. The van der Waals surface area contributed by atoms with Crippen LogP contribution in [0, 0.1) is 12.8 Å². The monoisotopic (exact) mass is 565 g/mol. The van der Waals surface area contributed by atoms with E-state index < -0.39 is 0 Å². The van der Waals surface area contributed by atoms with Crippen molar-refractivity contribution in [2.45, 2.75) is 57.2 Å². The number of aryl methyl sites for hydroxylation is 1. The molecule has 0 radical (unpaired) electrons. The van der Waals surface area contributed by atoms with Crippen LogP contribution in [0.2, 0.25) is 0 Å². The van der Waals surface area contributed by atoms with Gasteiger partial charge in [0.25, 0.3) is 5.91 Å². The van der Waals surface area contributed by atoms with E-state index in [1.807, 2.05) is 66.4 Å². The number of nitrogens with zero attached hydrogens (tertiary/aromatic N) is 2. The van der Waals surface area contributed by atoms with Crippen LogP contribution in [0.1, 0.15) is 58.6 Å². The number of carbonyl (C=O) groups excluding carboxylic acids is 2. The van der Waals surface area contributed by atoms with Crippen LogP contribution in [0.15, 0.2) is 97.6 Å². The lowest BCUT2D eigenvalue weighted by molar-refractivity contribution is 0.0628. The minimum Gasteiger partial charge on any atom is -0.445 e. The predicted octanol–water partition coefficient (Wildman–Crippen LogP) is 6.58. The van der Waals surface area contributed by atoms with Gasteiger partial charge in [-0.3, -0.25) is 4.79 Å². The highest BCUT2D eigenvalue weighted by Gasteiger charge is 2.38. The Balaban J connectivity index is 1.17. The number of nitrogens with one attached hydrogen (secondary N) is 1. The van der Waals surface area contributed by atoms with Crippen molar-refractivity contribution in [2.24, 2.45) is 5.92 Å². The van der Waals surface area contributed by atoms with Crippen LogP contribution in [0.3, 0.4) is 0 Å². The number of hydrogen-bond donors (Lipinski definition) is 1. The Morgan fingerprint density at radius 3 is 2.29 bits per heavy atom. The maximum Gasteiger partial charge on any atom is 0.410 e. The number of carbonyl (C=O) groups is 2. The van der Waals surface area contributed by atoms with Crippen LogP contribution in [0.4, 0.5) is 4.79 Å². The van der Waals surface area contributed by atoms with E-state index in [0.29, 0.717) is 23.9 Å². The van der Waals surface area contributed by atoms with Crippen molar-refractivity contribution in [1.82, 2.24) is 15.1 Å². The summed E-state index contributed by atoms with van der Waals surface area (Å²) in [6.45, 7) is 9.54. The zero-order valence-corrected chi connectivity index (χ0v) is 24.7. The third-order valence-corrected chi connectivity index (χ3v) is 8.83. The molecule has 1 aliphatic carbocycles. The Labute approximate surface area is 250 Å². The second-order valence-corrected chi connectivity index (χ2v) is 11.8. The van der Waals surface area contributed by atoms with E-state index in [-0.39, 0.29) is 30.7 Å². The molecule has 1 unspecified atom stereocenters. The highest BCUT2D eigenvalue weighted by atomic mass is 16.6. The zero-order valence-electron chi connectivity index (χ0n) is 24.7. The fourth-order valence-corrected chi connectivity index (χ4v) is 6.58. The van der Waals surface area contributed by atoms with Crippen molar-refractivity contribution in [3.8, 4) is 0 Å². The van der Waals surface area contributed by atoms with Crippen molar-refractivity contribution in [3.05, 3.63) is 120 Å². The van der Waals surface area contributed by atoms with Crippen molar-refractivity contribution >= 4 is 12.0 Å². The topological polar surface area (TPSA) is 61.9 Å². The molecule has 2 amide bonds. The van der Waals surface area contributed by atoms with Gasteiger partial charge in [-0.15, -0.1) is 6.58 Å². The first-order valence-electron chi connectivity index (χ1n) is 15.2. The second-order valence-electron chi connectivity index (χ2n) is 11.8. The molecule has 0 bridgehead atoms. The molecule has 6 nitrogen and oxygen atoms in total. The highest BCUT2D eigenvalue weighted by Crippen LogP contribution is 2.41. The molecule has 5 rings (SSSR count). The Kier molecular flexibility index (Phi) is 10.1. The van der Waals surface area contributed by atoms with Crippen LogP contribution >= 0.6 is 0 Å². The maximum atomic E-state index is 13.1. The normalized spacial score (nSPS) is 21.0. The van der Waals surface area contributed by atoms with Crippen molar-refractivity contribution in [2.75, 3.05) is 26.2 Å². The van der Waals surface area contributed by atoms with E-state index in [1.54, 1.807) is 6.08 Å². The molecule has 3 atom stereocenters. The van der Waals surface area contributed by atoms with Crippen LogP contribution in [-0.4, -0.2) is 60.1 Å². The number of ether oxygens (including phenoxy) is 1. The Bertz CT molecular complexity index is 1300. The molecule has 1 saturated carbocycles. The molecule has 2 fully saturated rings. The third kappa shape index (κ3) is 7.68. The van der Waals surface area contributed by atoms with Gasteiger partial charge in [-0.2, -0.15) is 0 Å². The minimum absolute atomic E-state index is 0.00505. The van der Waals surface area contributed by atoms with Gasteiger partial charge in [0, 0.05) is 43.8 Å². The molecule has 2 aliphatic rings. The molecule has 0 spiro atoms. The second kappa shape index (κ2) is 14.3. The van der Waals surface area contributed by atoms with Crippen LogP contribution in [-0.2, 0) is 11.3 Å². The fourth-order valence-electron chi connectivity index (χ4n) is 6.58. The van der Waals surface area contributed by atoms with Crippen LogP contribution < -0.4 is 5.32 Å². The molecular weight excluding hydrogens is 522 g/mol. The van der Waals surface area contributed by atoms with Gasteiger partial charge in [-0.1, -0.05) is 84.4 Å². The average Bonchev–Trinajstić information content (AvgIpc) is 3.42. The van der Waals surface area contributed by atoms with Gasteiger partial charge >= 0.3 is 6.09 Å². The minimum atomic E-state index is -0.272. The van der Waals surface area contributed by atoms with Gasteiger partial charge < -0.3 is 19.9 Å². The molecule has 220 valence electrons. The van der Waals surface area contributed by atoms with E-state index in [0.717, 1.165) is 50.9 Å². The Morgan fingerprint density at radius 1 is 0.952 bits per heavy atom. The average molecular weight is 566 g/mol.